The lowest BCUT2D eigenvalue weighted by atomic mass is 9.94. The highest BCUT2D eigenvalue weighted by Crippen LogP contribution is 2.37. The van der Waals surface area contributed by atoms with Gasteiger partial charge in [0.1, 0.15) is 0 Å². The number of carbonyl (C=O) groups is 1. The van der Waals surface area contributed by atoms with Crippen LogP contribution in [0.4, 0.5) is 5.69 Å². The van der Waals surface area contributed by atoms with Crippen LogP contribution in [0.25, 0.3) is 6.08 Å². The van der Waals surface area contributed by atoms with Gasteiger partial charge in [0.25, 0.3) is 11.5 Å². The van der Waals surface area contributed by atoms with Crippen LogP contribution in [0.3, 0.4) is 0 Å². The molecule has 0 saturated carbocycles. The molecule has 216 valence electrons. The van der Waals surface area contributed by atoms with Gasteiger partial charge >= 0.3 is 0 Å². The van der Waals surface area contributed by atoms with Crippen molar-refractivity contribution in [1.29, 1.82) is 0 Å². The lowest BCUT2D eigenvalue weighted by Crippen LogP contribution is -2.40. The van der Waals surface area contributed by atoms with Gasteiger partial charge in [-0.15, -0.1) is 0 Å². The second-order valence-electron chi connectivity index (χ2n) is 9.51. The van der Waals surface area contributed by atoms with Crippen molar-refractivity contribution >= 4 is 44.9 Å². The second kappa shape index (κ2) is 11.9. The molecule has 5 rings (SSSR count). The molecule has 42 heavy (non-hydrogen) atoms. The van der Waals surface area contributed by atoms with Crippen molar-refractivity contribution in [2.45, 2.75) is 19.9 Å². The molecule has 0 saturated heterocycles. The molecule has 2 heterocycles. The van der Waals surface area contributed by atoms with Crippen molar-refractivity contribution in [3.63, 3.8) is 0 Å². The minimum absolute atomic E-state index is 0.0996. The summed E-state index contributed by atoms with van der Waals surface area (Å²) < 4.78 is 18.7. The van der Waals surface area contributed by atoms with E-state index in [1.54, 1.807) is 43.3 Å². The maximum Gasteiger partial charge on any atom is 0.271 e. The molecule has 3 aromatic carbocycles. The van der Waals surface area contributed by atoms with E-state index in [0.29, 0.717) is 53.4 Å². The molecule has 0 bridgehead atoms. The fourth-order valence-electron chi connectivity index (χ4n) is 4.85. The SMILES string of the molecule is COc1ccc([C@H]2C(C(=O)Nc3ccccc3C)=C(C)N=c3s/c(=C\c4cc(Br)cc(OC)c4O)c(=O)n32)cc1OC. The number of carbonyl (C=O) groups excluding carboxylic acids is 1. The van der Waals surface area contributed by atoms with Crippen molar-refractivity contribution in [2.75, 3.05) is 26.6 Å². The molecule has 2 N–H and O–H groups in total. The lowest BCUT2D eigenvalue weighted by molar-refractivity contribution is -0.113. The highest BCUT2D eigenvalue weighted by atomic mass is 79.9. The second-order valence-corrected chi connectivity index (χ2v) is 11.4. The topological polar surface area (TPSA) is 111 Å². The Morgan fingerprint density at radius 2 is 1.74 bits per heavy atom. The lowest BCUT2D eigenvalue weighted by Gasteiger charge is -2.26. The number of nitrogens with zero attached hydrogens (tertiary/aromatic N) is 2. The third-order valence-electron chi connectivity index (χ3n) is 6.96. The Balaban J connectivity index is 1.73. The van der Waals surface area contributed by atoms with Gasteiger partial charge in [-0.3, -0.25) is 14.2 Å². The van der Waals surface area contributed by atoms with Crippen molar-refractivity contribution in [2.24, 2.45) is 4.99 Å². The Labute approximate surface area is 254 Å². The van der Waals surface area contributed by atoms with E-state index >= 15 is 0 Å². The molecule has 0 aliphatic carbocycles. The largest absolute Gasteiger partial charge is 0.504 e. The predicted molar refractivity (Wildman–Crippen MR) is 165 cm³/mol. The number of phenols is 1. The first kappa shape index (κ1) is 29.2. The summed E-state index contributed by atoms with van der Waals surface area (Å²) in [5, 5.41) is 13.7. The molecule has 1 aliphatic rings. The van der Waals surface area contributed by atoms with Crippen molar-refractivity contribution in [3.05, 3.63) is 107 Å². The molecule has 0 fully saturated rings. The molecule has 11 heteroatoms. The minimum Gasteiger partial charge on any atom is -0.504 e. The van der Waals surface area contributed by atoms with E-state index < -0.39 is 6.04 Å². The number of hydrogen-bond acceptors (Lipinski definition) is 8. The number of benzene rings is 3. The molecule has 1 amide bonds. The Morgan fingerprint density at radius 1 is 1.02 bits per heavy atom. The van der Waals surface area contributed by atoms with Gasteiger partial charge in [-0.25, -0.2) is 4.99 Å². The average Bonchev–Trinajstić information content (AvgIpc) is 3.28. The maximum absolute atomic E-state index is 14.1. The van der Waals surface area contributed by atoms with E-state index in [9.17, 15) is 14.7 Å². The van der Waals surface area contributed by atoms with Gasteiger partial charge in [-0.05, 0) is 61.4 Å². The maximum atomic E-state index is 14.1. The van der Waals surface area contributed by atoms with E-state index in [1.807, 2.05) is 31.2 Å². The third-order valence-corrected chi connectivity index (χ3v) is 8.40. The number of aryl methyl sites for hydroxylation is 1. The Hall–Kier alpha value is -4.35. The molecule has 9 nitrogen and oxygen atoms in total. The van der Waals surface area contributed by atoms with Crippen LogP contribution in [0.15, 0.2) is 80.1 Å². The number of halogens is 1. The number of ether oxygens (including phenoxy) is 3. The van der Waals surface area contributed by atoms with Gasteiger partial charge in [0.05, 0.1) is 43.2 Å². The van der Waals surface area contributed by atoms with Crippen molar-refractivity contribution < 1.29 is 24.1 Å². The van der Waals surface area contributed by atoms with Gasteiger partial charge in [-0.2, -0.15) is 0 Å². The van der Waals surface area contributed by atoms with Crippen LogP contribution in [0.2, 0.25) is 0 Å². The Morgan fingerprint density at radius 3 is 2.43 bits per heavy atom. The summed E-state index contributed by atoms with van der Waals surface area (Å²) in [5.74, 6) is 0.750. The minimum atomic E-state index is -0.821. The van der Waals surface area contributed by atoms with E-state index in [-0.39, 0.29) is 23.0 Å². The number of methoxy groups -OCH3 is 3. The molecular formula is C31H28BrN3O6S. The van der Waals surface area contributed by atoms with Crippen molar-refractivity contribution in [3.8, 4) is 23.0 Å². The number of phenolic OH excluding ortho intramolecular Hbond substituents is 1. The fourth-order valence-corrected chi connectivity index (χ4v) is 6.35. The fraction of sp³-hybridized carbons (Fsp3) is 0.194. The van der Waals surface area contributed by atoms with Crippen LogP contribution < -0.4 is 34.4 Å². The first-order valence-electron chi connectivity index (χ1n) is 12.8. The van der Waals surface area contributed by atoms with Crippen LogP contribution in [0.1, 0.15) is 29.7 Å². The highest BCUT2D eigenvalue weighted by Gasteiger charge is 2.33. The summed E-state index contributed by atoms with van der Waals surface area (Å²) in [6.45, 7) is 3.66. The number of thiazole rings is 1. The van der Waals surface area contributed by atoms with Gasteiger partial charge in [-0.1, -0.05) is 51.5 Å². The molecule has 1 aliphatic heterocycles. The number of allylic oxidation sites excluding steroid dienone is 1. The summed E-state index contributed by atoms with van der Waals surface area (Å²) in [7, 11) is 4.52. The van der Waals surface area contributed by atoms with E-state index in [1.165, 1.54) is 25.9 Å². The molecular weight excluding hydrogens is 622 g/mol. The van der Waals surface area contributed by atoms with Crippen LogP contribution in [-0.4, -0.2) is 36.9 Å². The number of amides is 1. The first-order valence-corrected chi connectivity index (χ1v) is 14.5. The van der Waals surface area contributed by atoms with Crippen LogP contribution >= 0.6 is 27.3 Å². The normalized spacial score (nSPS) is 14.7. The van der Waals surface area contributed by atoms with Gasteiger partial charge < -0.3 is 24.6 Å². The number of aromatic hydroxyl groups is 1. The van der Waals surface area contributed by atoms with Gasteiger partial charge in [0, 0.05) is 15.7 Å². The quantitative estimate of drug-likeness (QED) is 0.301. The van der Waals surface area contributed by atoms with E-state index in [2.05, 4.69) is 26.2 Å². The van der Waals surface area contributed by atoms with Gasteiger partial charge in [0.2, 0.25) is 0 Å². The average molecular weight is 651 g/mol. The number of nitrogens with one attached hydrogen (secondary N) is 1. The first-order chi connectivity index (χ1) is 20.2. The third kappa shape index (κ3) is 5.33. The van der Waals surface area contributed by atoms with Gasteiger partial charge in [0.15, 0.2) is 27.8 Å². The number of hydrogen-bond donors (Lipinski definition) is 2. The molecule has 1 aromatic heterocycles. The van der Waals surface area contributed by atoms with Crippen LogP contribution in [-0.2, 0) is 4.79 Å². The van der Waals surface area contributed by atoms with Crippen molar-refractivity contribution in [1.82, 2.24) is 4.57 Å². The Bertz CT molecular complexity index is 1930. The summed E-state index contributed by atoms with van der Waals surface area (Å²) in [4.78, 5) is 33.1. The van der Waals surface area contributed by atoms with E-state index in [0.717, 1.165) is 16.9 Å². The zero-order chi connectivity index (χ0) is 30.1. The zero-order valence-electron chi connectivity index (χ0n) is 23.5. The summed E-state index contributed by atoms with van der Waals surface area (Å²) in [6, 6.07) is 15.3. The molecule has 1 atom stereocenters. The number of anilines is 1. The monoisotopic (exact) mass is 649 g/mol. The smallest absolute Gasteiger partial charge is 0.271 e. The summed E-state index contributed by atoms with van der Waals surface area (Å²) in [6.07, 6.45) is 1.59. The molecule has 4 aromatic rings. The molecule has 0 radical (unpaired) electrons. The van der Waals surface area contributed by atoms with E-state index in [4.69, 9.17) is 14.2 Å². The molecule has 0 unspecified atom stereocenters. The summed E-state index contributed by atoms with van der Waals surface area (Å²) in [5.41, 5.74) is 3.00. The number of rotatable bonds is 7. The standard InChI is InChI=1S/C31H28BrN3O6S/c1-16-8-6-7-9-21(16)34-29(37)26-17(2)33-31-35(27(26)18-10-11-22(39-3)23(13-18)40-4)30(38)25(42-31)14-19-12-20(32)15-24(41-5)28(19)36/h6-15,27,36H,1-5H3,(H,34,37)/b25-14-/t27-/m0/s1. The Kier molecular flexibility index (Phi) is 8.24. The van der Waals surface area contributed by atoms with Crippen LogP contribution in [0, 0.1) is 6.92 Å². The number of aromatic nitrogens is 1. The highest BCUT2D eigenvalue weighted by molar-refractivity contribution is 9.10. The number of para-hydroxylation sites is 1. The zero-order valence-corrected chi connectivity index (χ0v) is 25.9. The predicted octanol–water partition coefficient (Wildman–Crippen LogP) is 4.68. The number of fused-ring (bicyclic) bond motifs is 1. The summed E-state index contributed by atoms with van der Waals surface area (Å²) >= 11 is 4.59. The molecule has 0 spiro atoms. The van der Waals surface area contributed by atoms with Crippen LogP contribution in [0.5, 0.6) is 23.0 Å².